The van der Waals surface area contributed by atoms with E-state index in [1.807, 2.05) is 53.4 Å². The first-order chi connectivity index (χ1) is 17.9. The number of carbonyl (C=O) groups is 2. The van der Waals surface area contributed by atoms with Gasteiger partial charge in [-0.15, -0.1) is 11.3 Å². The molecule has 2 aromatic carbocycles. The zero-order valence-electron chi connectivity index (χ0n) is 19.8. The molecule has 1 aliphatic rings. The summed E-state index contributed by atoms with van der Waals surface area (Å²) in [7, 11) is 1.70. The molecule has 10 heteroatoms. The summed E-state index contributed by atoms with van der Waals surface area (Å²) in [6, 6.07) is 18.6. The summed E-state index contributed by atoms with van der Waals surface area (Å²) in [5, 5.41) is 7.74. The number of thiazole rings is 1. The van der Waals surface area contributed by atoms with Gasteiger partial charge in [-0.25, -0.2) is 9.67 Å². The first kappa shape index (κ1) is 22.9. The van der Waals surface area contributed by atoms with E-state index < -0.39 is 5.91 Å². The molecule has 1 saturated heterocycles. The maximum absolute atomic E-state index is 13.5. The minimum atomic E-state index is -0.583. The summed E-state index contributed by atoms with van der Waals surface area (Å²) in [6.07, 6.45) is 3.75. The molecule has 0 spiro atoms. The Morgan fingerprint density at radius 1 is 1.05 bits per heavy atom. The van der Waals surface area contributed by atoms with Gasteiger partial charge in [0.1, 0.15) is 5.69 Å². The van der Waals surface area contributed by atoms with Crippen LogP contribution in [0.3, 0.4) is 0 Å². The predicted molar refractivity (Wildman–Crippen MR) is 141 cm³/mol. The monoisotopic (exact) mass is 510 g/mol. The molecule has 3 aromatic heterocycles. The average Bonchev–Trinajstić information content (AvgIpc) is 3.63. The van der Waals surface area contributed by atoms with E-state index >= 15 is 0 Å². The van der Waals surface area contributed by atoms with E-state index in [1.54, 1.807) is 35.6 Å². The largest absolute Gasteiger partial charge is 0.364 e. The summed E-state index contributed by atoms with van der Waals surface area (Å²) in [4.78, 5) is 43.2. The number of carbonyl (C=O) groups excluding carboxylic acids is 2. The maximum Gasteiger partial charge on any atom is 0.268 e. The Morgan fingerprint density at radius 3 is 2.57 bits per heavy atom. The van der Waals surface area contributed by atoms with Crippen LogP contribution < -0.4 is 16.2 Å². The topological polar surface area (TPSA) is 116 Å². The molecular weight excluding hydrogens is 488 g/mol. The van der Waals surface area contributed by atoms with Crippen molar-refractivity contribution in [2.75, 3.05) is 4.90 Å². The highest BCUT2D eigenvalue weighted by Gasteiger charge is 2.44. The second-order valence-corrected chi connectivity index (χ2v) is 9.89. The van der Waals surface area contributed by atoms with E-state index in [2.05, 4.69) is 10.1 Å². The second kappa shape index (κ2) is 8.82. The van der Waals surface area contributed by atoms with Gasteiger partial charge in [0.25, 0.3) is 5.91 Å². The van der Waals surface area contributed by atoms with Crippen LogP contribution in [0.25, 0.3) is 16.6 Å². The van der Waals surface area contributed by atoms with Crippen molar-refractivity contribution in [1.29, 1.82) is 0 Å². The fourth-order valence-electron chi connectivity index (χ4n) is 4.94. The van der Waals surface area contributed by atoms with Gasteiger partial charge in [-0.05, 0) is 29.8 Å². The van der Waals surface area contributed by atoms with Crippen LogP contribution in [0.4, 0.5) is 5.69 Å². The lowest BCUT2D eigenvalue weighted by Gasteiger charge is -2.28. The Morgan fingerprint density at radius 2 is 1.84 bits per heavy atom. The highest BCUT2D eigenvalue weighted by Crippen LogP contribution is 2.47. The molecule has 0 saturated carbocycles. The van der Waals surface area contributed by atoms with Gasteiger partial charge >= 0.3 is 0 Å². The lowest BCUT2D eigenvalue weighted by Crippen LogP contribution is -2.28. The van der Waals surface area contributed by atoms with Crippen LogP contribution in [0.2, 0.25) is 0 Å². The third-order valence-electron chi connectivity index (χ3n) is 6.70. The van der Waals surface area contributed by atoms with E-state index in [0.717, 1.165) is 27.8 Å². The number of hydrogen-bond donors (Lipinski definition) is 1. The molecule has 184 valence electrons. The van der Waals surface area contributed by atoms with Crippen LogP contribution in [0.5, 0.6) is 0 Å². The zero-order chi connectivity index (χ0) is 25.7. The van der Waals surface area contributed by atoms with E-state index in [4.69, 9.17) is 5.73 Å². The van der Waals surface area contributed by atoms with Gasteiger partial charge in [-0.3, -0.25) is 14.4 Å². The molecule has 9 nitrogen and oxygen atoms in total. The van der Waals surface area contributed by atoms with Crippen molar-refractivity contribution in [2.24, 2.45) is 12.8 Å². The first-order valence-electron chi connectivity index (χ1n) is 11.7. The third-order valence-corrected chi connectivity index (χ3v) is 7.68. The van der Waals surface area contributed by atoms with Gasteiger partial charge in [0, 0.05) is 48.1 Å². The van der Waals surface area contributed by atoms with Gasteiger partial charge in [0.05, 0.1) is 28.5 Å². The third kappa shape index (κ3) is 3.91. The van der Waals surface area contributed by atoms with Crippen LogP contribution in [0, 0.1) is 0 Å². The molecule has 2 N–H and O–H groups in total. The fraction of sp³-hybridized carbons (Fsp3) is 0.148. The van der Waals surface area contributed by atoms with Crippen LogP contribution in [0.1, 0.15) is 39.4 Å². The molecule has 0 unspecified atom stereocenters. The summed E-state index contributed by atoms with van der Waals surface area (Å²) in [6.45, 7) is 0. The summed E-state index contributed by atoms with van der Waals surface area (Å²) in [5.41, 5.74) is 8.90. The molecule has 37 heavy (non-hydrogen) atoms. The number of aromatic nitrogens is 4. The number of primary amides is 1. The Kier molecular flexibility index (Phi) is 5.45. The normalized spacial score (nSPS) is 17.5. The van der Waals surface area contributed by atoms with Gasteiger partial charge in [-0.1, -0.05) is 30.3 Å². The minimum absolute atomic E-state index is 0.0283. The Bertz CT molecular complexity index is 1720. The molecule has 5 aromatic rings. The lowest BCUT2D eigenvalue weighted by molar-refractivity contribution is -0.117. The van der Waals surface area contributed by atoms with Crippen molar-refractivity contribution in [3.63, 3.8) is 0 Å². The van der Waals surface area contributed by atoms with Crippen molar-refractivity contribution < 1.29 is 9.59 Å². The number of nitrogens with zero attached hydrogens (tertiary/aromatic N) is 5. The van der Waals surface area contributed by atoms with E-state index in [-0.39, 0.29) is 35.5 Å². The number of hydrogen-bond acceptors (Lipinski definition) is 6. The number of nitrogens with two attached hydrogens (primary N) is 1. The average molecular weight is 511 g/mol. The van der Waals surface area contributed by atoms with E-state index in [1.165, 1.54) is 22.0 Å². The van der Waals surface area contributed by atoms with Crippen LogP contribution in [-0.2, 0) is 11.8 Å². The molecule has 1 fully saturated rings. The highest BCUT2D eigenvalue weighted by atomic mass is 32.1. The highest BCUT2D eigenvalue weighted by molar-refractivity contribution is 7.10. The fourth-order valence-corrected chi connectivity index (χ4v) is 5.88. The number of rotatable bonds is 5. The summed E-state index contributed by atoms with van der Waals surface area (Å²) >= 11 is 1.35. The Labute approximate surface area is 215 Å². The minimum Gasteiger partial charge on any atom is -0.364 e. The van der Waals surface area contributed by atoms with Crippen LogP contribution >= 0.6 is 11.3 Å². The molecular formula is C27H22N6O3S. The van der Waals surface area contributed by atoms with E-state index in [9.17, 15) is 14.4 Å². The van der Waals surface area contributed by atoms with Gasteiger partial charge in [0.2, 0.25) is 11.5 Å². The number of amides is 2. The zero-order valence-corrected chi connectivity index (χ0v) is 20.6. The molecule has 0 radical (unpaired) electrons. The van der Waals surface area contributed by atoms with Crippen molar-refractivity contribution in [3.8, 4) is 5.69 Å². The number of pyridine rings is 1. The maximum atomic E-state index is 13.5. The van der Waals surface area contributed by atoms with Crippen LogP contribution in [-0.4, -0.2) is 31.1 Å². The number of benzene rings is 2. The Hall–Kier alpha value is -4.57. The summed E-state index contributed by atoms with van der Waals surface area (Å²) in [5.74, 6) is -0.836. The number of anilines is 1. The molecule has 2 amide bonds. The summed E-state index contributed by atoms with van der Waals surface area (Å²) < 4.78 is 3.27. The number of fused-ring (bicyclic) bond motifs is 1. The standard InChI is InChI=1S/C27H22N6O3S/c1-31-14-19(8-10-23(31)34)33-22-9-7-18(11-17(22)13-29-33)32-24(35)12-20(25(32)16-5-3-2-4-6-16)27-30-21(15-37-27)26(28)36/h2-11,13-15,20,25H,12H2,1H3,(H2,28,36)/t20-,25-/m0/s1. The quantitative estimate of drug-likeness (QED) is 0.388. The van der Waals surface area contributed by atoms with Crippen molar-refractivity contribution >= 4 is 39.7 Å². The first-order valence-corrected chi connectivity index (χ1v) is 12.6. The SMILES string of the molecule is Cn1cc(-n2ncc3cc(N4C(=O)C[C@H](c5nc(C(N)=O)cs5)[C@@H]4c4ccccc4)ccc32)ccc1=O. The number of aryl methyl sites for hydroxylation is 1. The molecule has 4 heterocycles. The van der Waals surface area contributed by atoms with Gasteiger partial charge in [-0.2, -0.15) is 5.10 Å². The second-order valence-electron chi connectivity index (χ2n) is 9.00. The predicted octanol–water partition coefficient (Wildman–Crippen LogP) is 3.54. The molecule has 6 rings (SSSR count). The molecule has 0 bridgehead atoms. The Balaban J connectivity index is 1.43. The van der Waals surface area contributed by atoms with Gasteiger partial charge < -0.3 is 15.2 Å². The lowest BCUT2D eigenvalue weighted by atomic mass is 9.94. The molecule has 1 aliphatic heterocycles. The molecule has 2 atom stereocenters. The van der Waals surface area contributed by atoms with Crippen molar-refractivity contribution in [2.45, 2.75) is 18.4 Å². The van der Waals surface area contributed by atoms with E-state index in [0.29, 0.717) is 5.01 Å². The van der Waals surface area contributed by atoms with Crippen LogP contribution in [0.15, 0.2) is 83.2 Å². The van der Waals surface area contributed by atoms with Gasteiger partial charge in [0.15, 0.2) is 0 Å². The van der Waals surface area contributed by atoms with Crippen molar-refractivity contribution in [3.05, 3.63) is 105 Å². The molecule has 0 aliphatic carbocycles. The smallest absolute Gasteiger partial charge is 0.268 e. The van der Waals surface area contributed by atoms with Crippen molar-refractivity contribution in [1.82, 2.24) is 19.3 Å².